The number of halogens is 1. The number of rotatable bonds is 7. The van der Waals surface area contributed by atoms with Gasteiger partial charge >= 0.3 is 0 Å². The molecule has 144 valence electrons. The van der Waals surface area contributed by atoms with Crippen molar-refractivity contribution in [2.24, 2.45) is 12.0 Å². The van der Waals surface area contributed by atoms with Crippen LogP contribution in [0.1, 0.15) is 18.2 Å². The van der Waals surface area contributed by atoms with Crippen molar-refractivity contribution in [1.29, 1.82) is 0 Å². The summed E-state index contributed by atoms with van der Waals surface area (Å²) in [6.07, 6.45) is 2.05. The van der Waals surface area contributed by atoms with E-state index < -0.39 is 0 Å². The summed E-state index contributed by atoms with van der Waals surface area (Å²) in [5, 5.41) is 3.35. The lowest BCUT2D eigenvalue weighted by molar-refractivity contribution is 0.354. The van der Waals surface area contributed by atoms with Crippen LogP contribution in [0.15, 0.2) is 41.5 Å². The van der Waals surface area contributed by atoms with Crippen LogP contribution in [0.25, 0.3) is 0 Å². The Morgan fingerprint density at radius 3 is 2.50 bits per heavy atom. The van der Waals surface area contributed by atoms with Crippen molar-refractivity contribution in [1.82, 2.24) is 14.8 Å². The summed E-state index contributed by atoms with van der Waals surface area (Å²) >= 11 is 0. The zero-order chi connectivity index (χ0) is 18.2. The van der Waals surface area contributed by atoms with Crippen LogP contribution < -0.4 is 14.8 Å². The van der Waals surface area contributed by atoms with E-state index >= 15 is 0 Å². The molecule has 0 saturated carbocycles. The molecule has 1 aromatic carbocycles. The summed E-state index contributed by atoms with van der Waals surface area (Å²) in [5.74, 6) is 2.32. The molecule has 0 radical (unpaired) electrons. The molecule has 0 unspecified atom stereocenters. The number of nitrogens with zero attached hydrogens (tertiary/aromatic N) is 3. The van der Waals surface area contributed by atoms with Crippen molar-refractivity contribution in [3.8, 4) is 11.5 Å². The molecule has 0 fully saturated rings. The molecule has 2 rings (SSSR count). The number of methoxy groups -OCH3 is 2. The number of aliphatic imine (C=N–C) groups is 1. The summed E-state index contributed by atoms with van der Waals surface area (Å²) in [5.41, 5.74) is 2.31. The van der Waals surface area contributed by atoms with E-state index in [1.807, 2.05) is 25.2 Å². The lowest BCUT2D eigenvalue weighted by Crippen LogP contribution is -2.38. The maximum atomic E-state index is 5.36. The van der Waals surface area contributed by atoms with Gasteiger partial charge in [0.25, 0.3) is 0 Å². The number of benzene rings is 1. The van der Waals surface area contributed by atoms with Crippen molar-refractivity contribution in [3.63, 3.8) is 0 Å². The third kappa shape index (κ3) is 5.82. The second-order valence-corrected chi connectivity index (χ2v) is 5.83. The van der Waals surface area contributed by atoms with Gasteiger partial charge in [-0.15, -0.1) is 24.0 Å². The van der Waals surface area contributed by atoms with E-state index in [-0.39, 0.29) is 24.0 Å². The van der Waals surface area contributed by atoms with E-state index in [9.17, 15) is 0 Å². The molecule has 1 heterocycles. The van der Waals surface area contributed by atoms with Crippen LogP contribution in [-0.2, 0) is 20.1 Å². The molecule has 0 aliphatic carbocycles. The molecule has 6 nitrogen and oxygen atoms in total. The molecule has 26 heavy (non-hydrogen) atoms. The van der Waals surface area contributed by atoms with E-state index in [4.69, 9.17) is 14.5 Å². The largest absolute Gasteiger partial charge is 0.493 e. The van der Waals surface area contributed by atoms with Gasteiger partial charge in [0, 0.05) is 32.5 Å². The van der Waals surface area contributed by atoms with Gasteiger partial charge in [-0.3, -0.25) is 0 Å². The predicted octanol–water partition coefficient (Wildman–Crippen LogP) is 3.26. The number of hydrogen-bond donors (Lipinski definition) is 1. The average molecular weight is 472 g/mol. The fourth-order valence-electron chi connectivity index (χ4n) is 2.59. The molecular weight excluding hydrogens is 443 g/mol. The number of hydrogen-bond acceptors (Lipinski definition) is 3. The monoisotopic (exact) mass is 472 g/mol. The maximum absolute atomic E-state index is 5.36. The third-order valence-corrected chi connectivity index (χ3v) is 4.01. The number of aromatic nitrogens is 1. The van der Waals surface area contributed by atoms with Crippen LogP contribution in [-0.4, -0.2) is 43.2 Å². The molecular formula is C19H29IN4O2. The van der Waals surface area contributed by atoms with Gasteiger partial charge in [0.15, 0.2) is 17.5 Å². The summed E-state index contributed by atoms with van der Waals surface area (Å²) < 4.78 is 12.8. The minimum absolute atomic E-state index is 0. The molecule has 2 aromatic rings. The lowest BCUT2D eigenvalue weighted by Gasteiger charge is -2.22. The van der Waals surface area contributed by atoms with Gasteiger partial charge in [-0.05, 0) is 36.8 Å². The van der Waals surface area contributed by atoms with Crippen LogP contribution in [0.5, 0.6) is 11.5 Å². The van der Waals surface area contributed by atoms with Crippen molar-refractivity contribution < 1.29 is 9.47 Å². The van der Waals surface area contributed by atoms with Gasteiger partial charge in [0.1, 0.15) is 0 Å². The first-order valence-electron chi connectivity index (χ1n) is 8.39. The van der Waals surface area contributed by atoms with Gasteiger partial charge in [0.05, 0.1) is 27.3 Å². The van der Waals surface area contributed by atoms with Gasteiger partial charge in [-0.1, -0.05) is 6.07 Å². The second-order valence-electron chi connectivity index (χ2n) is 5.83. The first-order valence-corrected chi connectivity index (χ1v) is 8.39. The molecule has 0 aliphatic rings. The van der Waals surface area contributed by atoms with Gasteiger partial charge in [0.2, 0.25) is 0 Å². The molecule has 0 atom stereocenters. The van der Waals surface area contributed by atoms with Crippen LogP contribution in [0, 0.1) is 0 Å². The minimum atomic E-state index is 0. The maximum Gasteiger partial charge on any atom is 0.194 e. The lowest BCUT2D eigenvalue weighted by atomic mass is 10.2. The minimum Gasteiger partial charge on any atom is -0.493 e. The standard InChI is InChI=1S/C19H28N4O2.HI/c1-6-20-19(23(3)14-16-8-7-11-22(16)2)21-13-15-9-10-17(24-4)18(12-15)25-5;/h7-12H,6,13-14H2,1-5H3,(H,20,21);1H. The van der Waals surface area contributed by atoms with Crippen LogP contribution in [0.4, 0.5) is 0 Å². The summed E-state index contributed by atoms with van der Waals surface area (Å²) in [6, 6.07) is 10.0. The Bertz CT molecular complexity index is 715. The fourth-order valence-corrected chi connectivity index (χ4v) is 2.59. The summed E-state index contributed by atoms with van der Waals surface area (Å²) in [4.78, 5) is 6.88. The first-order chi connectivity index (χ1) is 12.1. The predicted molar refractivity (Wildman–Crippen MR) is 117 cm³/mol. The molecule has 1 aromatic heterocycles. The number of nitrogens with one attached hydrogen (secondary N) is 1. The molecule has 0 saturated heterocycles. The number of guanidine groups is 1. The van der Waals surface area contributed by atoms with Gasteiger partial charge < -0.3 is 24.3 Å². The Balaban J connectivity index is 0.00000338. The van der Waals surface area contributed by atoms with Gasteiger partial charge in [-0.2, -0.15) is 0 Å². The third-order valence-electron chi connectivity index (χ3n) is 4.01. The zero-order valence-electron chi connectivity index (χ0n) is 16.2. The Morgan fingerprint density at radius 1 is 1.19 bits per heavy atom. The Kier molecular flexibility index (Phi) is 9.32. The van der Waals surface area contributed by atoms with E-state index in [0.29, 0.717) is 6.54 Å². The normalized spacial score (nSPS) is 10.9. The highest BCUT2D eigenvalue weighted by atomic mass is 127. The fraction of sp³-hybridized carbons (Fsp3) is 0.421. The van der Waals surface area contributed by atoms with Gasteiger partial charge in [-0.25, -0.2) is 4.99 Å². The van der Waals surface area contributed by atoms with Crippen LogP contribution >= 0.6 is 24.0 Å². The average Bonchev–Trinajstić information content (AvgIpc) is 3.02. The molecule has 0 bridgehead atoms. The van der Waals surface area contributed by atoms with E-state index in [1.165, 1.54) is 5.69 Å². The van der Waals surface area contributed by atoms with E-state index in [1.54, 1.807) is 14.2 Å². The Hall–Kier alpha value is -1.90. The zero-order valence-corrected chi connectivity index (χ0v) is 18.5. The topological polar surface area (TPSA) is 51.0 Å². The molecule has 7 heteroatoms. The van der Waals surface area contributed by atoms with Crippen molar-refractivity contribution in [2.75, 3.05) is 27.8 Å². The van der Waals surface area contributed by atoms with E-state index in [0.717, 1.165) is 36.1 Å². The molecule has 0 spiro atoms. The highest BCUT2D eigenvalue weighted by Crippen LogP contribution is 2.27. The second kappa shape index (κ2) is 10.9. The molecule has 1 N–H and O–H groups in total. The highest BCUT2D eigenvalue weighted by Gasteiger charge is 2.09. The smallest absolute Gasteiger partial charge is 0.194 e. The molecule has 0 amide bonds. The highest BCUT2D eigenvalue weighted by molar-refractivity contribution is 14.0. The number of aryl methyl sites for hydroxylation is 1. The van der Waals surface area contributed by atoms with Crippen LogP contribution in [0.3, 0.4) is 0 Å². The van der Waals surface area contributed by atoms with Crippen LogP contribution in [0.2, 0.25) is 0 Å². The van der Waals surface area contributed by atoms with Crippen molar-refractivity contribution in [3.05, 3.63) is 47.8 Å². The quantitative estimate of drug-likeness (QED) is 0.382. The Labute approximate surface area is 173 Å². The molecule has 0 aliphatic heterocycles. The van der Waals surface area contributed by atoms with E-state index in [2.05, 4.69) is 47.1 Å². The summed E-state index contributed by atoms with van der Waals surface area (Å²) in [7, 11) is 7.38. The Morgan fingerprint density at radius 2 is 1.92 bits per heavy atom. The number of ether oxygens (including phenoxy) is 2. The SMILES string of the molecule is CCNC(=NCc1ccc(OC)c(OC)c1)N(C)Cc1cccn1C.I. The van der Waals surface area contributed by atoms with Crippen molar-refractivity contribution in [2.45, 2.75) is 20.0 Å². The van der Waals surface area contributed by atoms with Crippen molar-refractivity contribution >= 4 is 29.9 Å². The summed E-state index contributed by atoms with van der Waals surface area (Å²) in [6.45, 7) is 4.26. The first kappa shape index (κ1) is 22.1.